The number of allylic oxidation sites excluding steroid dienone is 1. The average molecular weight is 615 g/mol. The number of hydroxylamine groups is 1. The fraction of sp³-hybridized carbons (Fsp3) is 0.433. The number of hydrogen-bond donors (Lipinski definition) is 2. The van der Waals surface area contributed by atoms with Gasteiger partial charge in [0, 0.05) is 13.0 Å². The molecule has 3 atom stereocenters. The molecule has 0 radical (unpaired) electrons. The van der Waals surface area contributed by atoms with Crippen LogP contribution < -0.4 is 15.3 Å². The Hall–Kier alpha value is -3.32. The summed E-state index contributed by atoms with van der Waals surface area (Å²) in [6.07, 6.45) is 7.25. The number of aromatic nitrogens is 1. The quantitative estimate of drug-likeness (QED) is 0.258. The van der Waals surface area contributed by atoms with Gasteiger partial charge in [-0.1, -0.05) is 79.8 Å². The Morgan fingerprint density at radius 1 is 1.10 bits per heavy atom. The summed E-state index contributed by atoms with van der Waals surface area (Å²) in [6.45, 7) is 4.45. The van der Waals surface area contributed by atoms with Crippen LogP contribution in [0, 0.1) is 17.8 Å². The minimum absolute atomic E-state index is 0.0332. The summed E-state index contributed by atoms with van der Waals surface area (Å²) in [5, 5.41) is 0.109. The van der Waals surface area contributed by atoms with Crippen molar-refractivity contribution in [1.29, 1.82) is 0 Å². The molecule has 1 unspecified atom stereocenters. The summed E-state index contributed by atoms with van der Waals surface area (Å²) in [7, 11) is -3.95. The van der Waals surface area contributed by atoms with Crippen molar-refractivity contribution < 1.29 is 27.6 Å². The number of ether oxygens (including phenoxy) is 1. The zero-order valence-electron chi connectivity index (χ0n) is 24.1. The van der Waals surface area contributed by atoms with Crippen molar-refractivity contribution in [2.45, 2.75) is 52.2 Å². The first-order valence-electron chi connectivity index (χ1n) is 14.1. The van der Waals surface area contributed by atoms with E-state index in [0.717, 1.165) is 45.1 Å². The summed E-state index contributed by atoms with van der Waals surface area (Å²) >= 11 is 1.15. The first-order valence-corrected chi connectivity index (χ1v) is 16.7. The number of para-hydroxylation sites is 1. The van der Waals surface area contributed by atoms with Crippen LogP contribution in [-0.4, -0.2) is 44.4 Å². The Kier molecular flexibility index (Phi) is 11.1. The molecule has 0 bridgehead atoms. The van der Waals surface area contributed by atoms with Crippen molar-refractivity contribution in [3.05, 3.63) is 66.2 Å². The fourth-order valence-electron chi connectivity index (χ4n) is 4.74. The number of thiazole rings is 1. The van der Waals surface area contributed by atoms with Gasteiger partial charge < -0.3 is 4.74 Å². The van der Waals surface area contributed by atoms with Crippen molar-refractivity contribution in [3.8, 4) is 0 Å². The van der Waals surface area contributed by atoms with Crippen LogP contribution in [0.2, 0.25) is 0 Å². The van der Waals surface area contributed by atoms with Crippen LogP contribution in [0.15, 0.2) is 60.7 Å². The summed E-state index contributed by atoms with van der Waals surface area (Å²) in [4.78, 5) is 37.5. The Morgan fingerprint density at radius 3 is 2.50 bits per heavy atom. The zero-order valence-corrected chi connectivity index (χ0v) is 25.7. The summed E-state index contributed by atoms with van der Waals surface area (Å²) in [6, 6.07) is 16.9. The predicted molar refractivity (Wildman–Crippen MR) is 164 cm³/mol. The van der Waals surface area contributed by atoms with E-state index in [2.05, 4.69) is 15.9 Å². The summed E-state index contributed by atoms with van der Waals surface area (Å²) in [5.74, 6) is -2.78. The SMILES string of the molecule is CC(C)C[C@@H](C(=O)NN(c1nc2ccccc2s1)S(C)(=O)=O)[C@H](C/C=C/c1ccccc1)C(=O)NOC1CCCCO1. The van der Waals surface area contributed by atoms with E-state index in [9.17, 15) is 18.0 Å². The molecule has 2 N–H and O–H groups in total. The van der Waals surface area contributed by atoms with Gasteiger partial charge in [0.1, 0.15) is 0 Å². The molecule has 0 aliphatic carbocycles. The number of amides is 2. The van der Waals surface area contributed by atoms with Gasteiger partial charge in [-0.25, -0.2) is 23.7 Å². The molecular weight excluding hydrogens is 576 g/mol. The van der Waals surface area contributed by atoms with Crippen LogP contribution in [0.3, 0.4) is 0 Å². The fourth-order valence-corrected chi connectivity index (χ4v) is 6.67. The predicted octanol–water partition coefficient (Wildman–Crippen LogP) is 5.05. The molecule has 2 amide bonds. The molecule has 3 aromatic rings. The van der Waals surface area contributed by atoms with E-state index < -0.39 is 40.0 Å². The first-order chi connectivity index (χ1) is 20.1. The topological polar surface area (TPSA) is 127 Å². The minimum Gasteiger partial charge on any atom is -0.350 e. The van der Waals surface area contributed by atoms with Crippen molar-refractivity contribution >= 4 is 54.6 Å². The number of fused-ring (bicyclic) bond motifs is 1. The van der Waals surface area contributed by atoms with Gasteiger partial charge >= 0.3 is 0 Å². The number of hydrazine groups is 1. The van der Waals surface area contributed by atoms with Crippen molar-refractivity contribution in [3.63, 3.8) is 0 Å². The standard InChI is InChI=1S/C30H38N4O6S2/c1-21(2)20-24(28(35)32-34(42(3,37)38)30-31-25-16-7-8-17-26(25)41-30)23(15-11-14-22-12-5-4-6-13-22)29(36)33-40-27-18-9-10-19-39-27/h4-8,11-14,16-17,21,23-24,27H,9-10,15,18-20H2,1-3H3,(H,32,35)(H,33,36)/b14-11+/t23-,24+,27?/m0/s1. The molecule has 2 heterocycles. The van der Waals surface area contributed by atoms with Gasteiger partial charge in [0.2, 0.25) is 16.9 Å². The van der Waals surface area contributed by atoms with E-state index in [1.807, 2.05) is 68.5 Å². The molecule has 1 fully saturated rings. The largest absolute Gasteiger partial charge is 0.350 e. The molecule has 10 nitrogen and oxygen atoms in total. The molecule has 0 saturated carbocycles. The molecular formula is C30H38N4O6S2. The summed E-state index contributed by atoms with van der Waals surface area (Å²) < 4.78 is 32.9. The highest BCUT2D eigenvalue weighted by molar-refractivity contribution is 7.92. The van der Waals surface area contributed by atoms with E-state index in [1.54, 1.807) is 12.1 Å². The van der Waals surface area contributed by atoms with Crippen molar-refractivity contribution in [1.82, 2.24) is 15.9 Å². The number of nitrogens with zero attached hydrogens (tertiary/aromatic N) is 2. The molecule has 1 aliphatic heterocycles. The normalized spacial score (nSPS) is 17.3. The third-order valence-electron chi connectivity index (χ3n) is 6.81. The van der Waals surface area contributed by atoms with Crippen LogP contribution in [0.25, 0.3) is 16.3 Å². The Bertz CT molecular complexity index is 1440. The summed E-state index contributed by atoms with van der Waals surface area (Å²) in [5.41, 5.74) is 6.66. The van der Waals surface area contributed by atoms with E-state index >= 15 is 0 Å². The van der Waals surface area contributed by atoms with Crippen LogP contribution in [0.4, 0.5) is 5.13 Å². The molecule has 0 spiro atoms. The highest BCUT2D eigenvalue weighted by Crippen LogP contribution is 2.31. The third kappa shape index (κ3) is 8.84. The van der Waals surface area contributed by atoms with Crippen molar-refractivity contribution in [2.75, 3.05) is 17.3 Å². The van der Waals surface area contributed by atoms with E-state index in [0.29, 0.717) is 25.0 Å². The van der Waals surface area contributed by atoms with Gasteiger partial charge in [0.25, 0.3) is 10.0 Å². The van der Waals surface area contributed by atoms with Crippen molar-refractivity contribution in [2.24, 2.45) is 17.8 Å². The van der Waals surface area contributed by atoms with Gasteiger partial charge in [-0.15, -0.1) is 4.41 Å². The first kappa shape index (κ1) is 31.6. The maximum absolute atomic E-state index is 13.9. The van der Waals surface area contributed by atoms with Crippen LogP contribution in [-0.2, 0) is 29.2 Å². The highest BCUT2D eigenvalue weighted by Gasteiger charge is 2.36. The van der Waals surface area contributed by atoms with Gasteiger partial charge in [0.15, 0.2) is 6.29 Å². The van der Waals surface area contributed by atoms with E-state index in [1.165, 1.54) is 0 Å². The van der Waals surface area contributed by atoms with Gasteiger partial charge in [0.05, 0.1) is 28.3 Å². The minimum atomic E-state index is -3.95. The monoisotopic (exact) mass is 614 g/mol. The van der Waals surface area contributed by atoms with Gasteiger partial charge in [-0.3, -0.25) is 15.0 Å². The molecule has 4 rings (SSSR count). The van der Waals surface area contributed by atoms with Gasteiger partial charge in [-0.2, -0.15) is 0 Å². The maximum Gasteiger partial charge on any atom is 0.251 e. The van der Waals surface area contributed by atoms with E-state index in [4.69, 9.17) is 9.57 Å². The van der Waals surface area contributed by atoms with E-state index in [-0.39, 0.29) is 17.5 Å². The third-order valence-corrected chi connectivity index (χ3v) is 8.88. The molecule has 2 aromatic carbocycles. The zero-order chi connectivity index (χ0) is 30.1. The van der Waals surface area contributed by atoms with Crippen LogP contribution in [0.1, 0.15) is 51.5 Å². The maximum atomic E-state index is 13.9. The smallest absolute Gasteiger partial charge is 0.251 e. The number of carbonyl (C=O) groups excluding carboxylic acids is 2. The number of nitrogens with one attached hydrogen (secondary N) is 2. The second kappa shape index (κ2) is 14.7. The number of sulfonamides is 1. The Morgan fingerprint density at radius 2 is 1.83 bits per heavy atom. The number of rotatable bonds is 13. The number of carbonyl (C=O) groups is 2. The van der Waals surface area contributed by atoms with Crippen LogP contribution >= 0.6 is 11.3 Å². The molecule has 226 valence electrons. The second-order valence-corrected chi connectivity index (χ2v) is 13.6. The Balaban J connectivity index is 1.60. The lowest BCUT2D eigenvalue weighted by atomic mass is 9.82. The number of benzene rings is 2. The lowest BCUT2D eigenvalue weighted by molar-refractivity contribution is -0.203. The molecule has 1 saturated heterocycles. The molecule has 1 aromatic heterocycles. The number of hydrogen-bond acceptors (Lipinski definition) is 8. The second-order valence-electron chi connectivity index (χ2n) is 10.7. The lowest BCUT2D eigenvalue weighted by Gasteiger charge is -2.29. The molecule has 12 heteroatoms. The van der Waals surface area contributed by atoms with Crippen LogP contribution in [0.5, 0.6) is 0 Å². The van der Waals surface area contributed by atoms with Gasteiger partial charge in [-0.05, 0) is 49.3 Å². The molecule has 42 heavy (non-hydrogen) atoms. The molecule has 1 aliphatic rings. The highest BCUT2D eigenvalue weighted by atomic mass is 32.2. The number of anilines is 1. The Labute approximate surface area is 251 Å². The average Bonchev–Trinajstić information content (AvgIpc) is 3.40. The lowest BCUT2D eigenvalue weighted by Crippen LogP contribution is -2.51.